The van der Waals surface area contributed by atoms with Crippen LogP contribution < -0.4 is 10.6 Å². The maximum atomic E-state index is 4.44. The molecule has 0 saturated carbocycles. The molecule has 2 heterocycles. The molecule has 0 amide bonds. The molecule has 0 fully saturated rings. The van der Waals surface area contributed by atoms with Crippen molar-refractivity contribution in [2.24, 2.45) is 0 Å². The second-order valence-corrected chi connectivity index (χ2v) is 4.93. The van der Waals surface area contributed by atoms with Crippen molar-refractivity contribution in [3.05, 3.63) is 41.5 Å². The Morgan fingerprint density at radius 1 is 1.10 bits per heavy atom. The molecule has 5 nitrogen and oxygen atoms in total. The number of hydrogen-bond acceptors (Lipinski definition) is 5. The molecule has 0 spiro atoms. The van der Waals surface area contributed by atoms with Crippen molar-refractivity contribution in [2.45, 2.75) is 40.2 Å². The van der Waals surface area contributed by atoms with Gasteiger partial charge in [-0.15, -0.1) is 0 Å². The van der Waals surface area contributed by atoms with Gasteiger partial charge in [0.25, 0.3) is 0 Å². The van der Waals surface area contributed by atoms with E-state index < -0.39 is 0 Å². The van der Waals surface area contributed by atoms with E-state index in [1.807, 2.05) is 25.3 Å². The standard InChI is InChI=1S/C16H23N5/c1-4-8-18-15-10-16(21-12(3)20-15)19-11-14-13(5-2)7-6-9-17-14/h6-7,9-10H,4-5,8,11H2,1-3H3,(H2,18,19,20,21). The van der Waals surface area contributed by atoms with Crippen LogP contribution in [0, 0.1) is 6.92 Å². The lowest BCUT2D eigenvalue weighted by atomic mass is 10.1. The molecule has 0 aromatic carbocycles. The third-order valence-corrected chi connectivity index (χ3v) is 3.20. The quantitative estimate of drug-likeness (QED) is 0.818. The molecule has 5 heteroatoms. The van der Waals surface area contributed by atoms with E-state index in [1.165, 1.54) is 5.56 Å². The SMILES string of the molecule is CCCNc1cc(NCc2ncccc2CC)nc(C)n1. The third-order valence-electron chi connectivity index (χ3n) is 3.20. The molecule has 2 N–H and O–H groups in total. The van der Waals surface area contributed by atoms with Gasteiger partial charge in [-0.2, -0.15) is 0 Å². The summed E-state index contributed by atoms with van der Waals surface area (Å²) in [4.78, 5) is 13.2. The zero-order valence-electron chi connectivity index (χ0n) is 13.0. The van der Waals surface area contributed by atoms with Crippen LogP contribution in [-0.4, -0.2) is 21.5 Å². The van der Waals surface area contributed by atoms with E-state index >= 15 is 0 Å². The summed E-state index contributed by atoms with van der Waals surface area (Å²) in [6.45, 7) is 7.76. The maximum absolute atomic E-state index is 4.44. The van der Waals surface area contributed by atoms with Crippen molar-refractivity contribution >= 4 is 11.6 Å². The van der Waals surface area contributed by atoms with Crippen LogP contribution in [0.4, 0.5) is 11.6 Å². The van der Waals surface area contributed by atoms with Crippen LogP contribution in [0.5, 0.6) is 0 Å². The molecule has 0 bridgehead atoms. The average molecular weight is 285 g/mol. The Balaban J connectivity index is 2.07. The Morgan fingerprint density at radius 2 is 1.86 bits per heavy atom. The molecule has 2 aromatic heterocycles. The second-order valence-electron chi connectivity index (χ2n) is 4.93. The summed E-state index contributed by atoms with van der Waals surface area (Å²) in [5, 5.41) is 6.63. The fourth-order valence-corrected chi connectivity index (χ4v) is 2.13. The van der Waals surface area contributed by atoms with E-state index in [0.29, 0.717) is 6.54 Å². The Hall–Kier alpha value is -2.17. The zero-order valence-corrected chi connectivity index (χ0v) is 13.0. The zero-order chi connectivity index (χ0) is 15.1. The van der Waals surface area contributed by atoms with Crippen molar-refractivity contribution < 1.29 is 0 Å². The predicted molar refractivity (Wildman–Crippen MR) is 86.5 cm³/mol. The first-order valence-electron chi connectivity index (χ1n) is 7.49. The molecule has 0 aliphatic rings. The van der Waals surface area contributed by atoms with Crippen LogP contribution in [0.3, 0.4) is 0 Å². The van der Waals surface area contributed by atoms with Gasteiger partial charge in [-0.3, -0.25) is 4.98 Å². The Morgan fingerprint density at radius 3 is 2.57 bits per heavy atom. The summed E-state index contributed by atoms with van der Waals surface area (Å²) in [5.74, 6) is 2.45. The molecule has 0 aliphatic carbocycles. The molecule has 0 radical (unpaired) electrons. The lowest BCUT2D eigenvalue weighted by Gasteiger charge is -2.11. The van der Waals surface area contributed by atoms with Crippen molar-refractivity contribution in [3.8, 4) is 0 Å². The predicted octanol–water partition coefficient (Wildman–Crippen LogP) is 3.18. The van der Waals surface area contributed by atoms with Crippen LogP contribution in [0.15, 0.2) is 24.4 Å². The van der Waals surface area contributed by atoms with Gasteiger partial charge in [-0.25, -0.2) is 9.97 Å². The molecule has 2 aromatic rings. The number of anilines is 2. The van der Waals surface area contributed by atoms with Crippen LogP contribution in [0.25, 0.3) is 0 Å². The highest BCUT2D eigenvalue weighted by molar-refractivity contribution is 5.47. The van der Waals surface area contributed by atoms with Gasteiger partial charge in [0, 0.05) is 18.8 Å². The summed E-state index contributed by atoms with van der Waals surface area (Å²) in [7, 11) is 0. The fraction of sp³-hybridized carbons (Fsp3) is 0.438. The van der Waals surface area contributed by atoms with Gasteiger partial charge in [-0.1, -0.05) is 19.9 Å². The Labute approximate surface area is 126 Å². The molecule has 0 saturated heterocycles. The van der Waals surface area contributed by atoms with Gasteiger partial charge in [-0.05, 0) is 31.4 Å². The summed E-state index contributed by atoms with van der Waals surface area (Å²) in [6, 6.07) is 6.03. The highest BCUT2D eigenvalue weighted by Crippen LogP contribution is 2.13. The van der Waals surface area contributed by atoms with Gasteiger partial charge in [0.2, 0.25) is 0 Å². The van der Waals surface area contributed by atoms with Crippen LogP contribution in [0.2, 0.25) is 0 Å². The summed E-state index contributed by atoms with van der Waals surface area (Å²) in [6.07, 6.45) is 3.88. The molecular formula is C16H23N5. The van der Waals surface area contributed by atoms with Gasteiger partial charge in [0.05, 0.1) is 12.2 Å². The highest BCUT2D eigenvalue weighted by atomic mass is 15.1. The van der Waals surface area contributed by atoms with E-state index in [-0.39, 0.29) is 0 Å². The average Bonchev–Trinajstić information content (AvgIpc) is 2.50. The third kappa shape index (κ3) is 4.41. The Bertz CT molecular complexity index is 583. The normalized spacial score (nSPS) is 10.4. The van der Waals surface area contributed by atoms with E-state index in [1.54, 1.807) is 0 Å². The highest BCUT2D eigenvalue weighted by Gasteiger charge is 2.04. The first-order chi connectivity index (χ1) is 10.2. The maximum Gasteiger partial charge on any atom is 0.132 e. The first kappa shape index (κ1) is 15.2. The fourth-order valence-electron chi connectivity index (χ4n) is 2.13. The molecule has 2 rings (SSSR count). The monoisotopic (exact) mass is 285 g/mol. The van der Waals surface area contributed by atoms with E-state index in [9.17, 15) is 0 Å². The number of nitrogens with zero attached hydrogens (tertiary/aromatic N) is 3. The van der Waals surface area contributed by atoms with E-state index in [2.05, 4.69) is 45.5 Å². The van der Waals surface area contributed by atoms with Crippen molar-refractivity contribution in [3.63, 3.8) is 0 Å². The molecule has 112 valence electrons. The van der Waals surface area contributed by atoms with Gasteiger partial charge >= 0.3 is 0 Å². The number of aromatic nitrogens is 3. The van der Waals surface area contributed by atoms with Crippen molar-refractivity contribution in [1.29, 1.82) is 0 Å². The smallest absolute Gasteiger partial charge is 0.132 e. The largest absolute Gasteiger partial charge is 0.370 e. The lowest BCUT2D eigenvalue weighted by molar-refractivity contribution is 0.938. The number of rotatable bonds is 7. The Kier molecular flexibility index (Phi) is 5.49. The van der Waals surface area contributed by atoms with Gasteiger partial charge in [0.1, 0.15) is 17.5 Å². The van der Waals surface area contributed by atoms with Crippen LogP contribution in [0.1, 0.15) is 37.4 Å². The minimum Gasteiger partial charge on any atom is -0.370 e. The minimum absolute atomic E-state index is 0.674. The van der Waals surface area contributed by atoms with Gasteiger partial charge in [0.15, 0.2) is 0 Å². The van der Waals surface area contributed by atoms with Gasteiger partial charge < -0.3 is 10.6 Å². The van der Waals surface area contributed by atoms with Crippen molar-refractivity contribution in [2.75, 3.05) is 17.2 Å². The van der Waals surface area contributed by atoms with Crippen LogP contribution in [-0.2, 0) is 13.0 Å². The topological polar surface area (TPSA) is 62.7 Å². The molecule has 21 heavy (non-hydrogen) atoms. The number of hydrogen-bond donors (Lipinski definition) is 2. The number of pyridine rings is 1. The van der Waals surface area contributed by atoms with Crippen molar-refractivity contribution in [1.82, 2.24) is 15.0 Å². The van der Waals surface area contributed by atoms with Crippen LogP contribution >= 0.6 is 0 Å². The molecule has 0 atom stereocenters. The second kappa shape index (κ2) is 7.57. The number of nitrogens with one attached hydrogen (secondary N) is 2. The van der Waals surface area contributed by atoms with E-state index in [4.69, 9.17) is 0 Å². The molecule has 0 unspecified atom stereocenters. The lowest BCUT2D eigenvalue weighted by Crippen LogP contribution is -2.09. The van der Waals surface area contributed by atoms with E-state index in [0.717, 1.165) is 42.5 Å². The number of aryl methyl sites for hydroxylation is 2. The summed E-state index contributed by atoms with van der Waals surface area (Å²) >= 11 is 0. The first-order valence-corrected chi connectivity index (χ1v) is 7.49. The minimum atomic E-state index is 0.674. The summed E-state index contributed by atoms with van der Waals surface area (Å²) < 4.78 is 0. The molecular weight excluding hydrogens is 262 g/mol. The summed E-state index contributed by atoms with van der Waals surface area (Å²) in [5.41, 5.74) is 2.33. The molecule has 0 aliphatic heterocycles.